The van der Waals surface area contributed by atoms with E-state index in [0.29, 0.717) is 45.4 Å². The zero-order valence-corrected chi connectivity index (χ0v) is 17.6. The summed E-state index contributed by atoms with van der Waals surface area (Å²) in [7, 11) is -1.64. The predicted octanol–water partition coefficient (Wildman–Crippen LogP) is 1.78. The summed E-state index contributed by atoms with van der Waals surface area (Å²) in [4.78, 5) is 4.24. The van der Waals surface area contributed by atoms with Crippen LogP contribution in [0.15, 0.2) is 46.1 Å². The van der Waals surface area contributed by atoms with E-state index in [2.05, 4.69) is 27.1 Å². The molecule has 0 saturated carbocycles. The van der Waals surface area contributed by atoms with Gasteiger partial charge in [-0.2, -0.15) is 15.6 Å². The molecular formula is C19H26N4O3S2. The summed E-state index contributed by atoms with van der Waals surface area (Å²) >= 11 is 1.66. The monoisotopic (exact) mass is 422 g/mol. The molecule has 0 bridgehead atoms. The van der Waals surface area contributed by atoms with Gasteiger partial charge in [0.1, 0.15) is 0 Å². The van der Waals surface area contributed by atoms with Crippen LogP contribution in [0.5, 0.6) is 0 Å². The van der Waals surface area contributed by atoms with Gasteiger partial charge >= 0.3 is 0 Å². The Morgan fingerprint density at radius 1 is 1.14 bits per heavy atom. The zero-order valence-electron chi connectivity index (χ0n) is 15.9. The lowest BCUT2D eigenvalue weighted by atomic mass is 10.1. The molecule has 2 N–H and O–H groups in total. The van der Waals surface area contributed by atoms with Crippen LogP contribution in [-0.2, 0) is 33.6 Å². The van der Waals surface area contributed by atoms with Crippen LogP contribution >= 0.6 is 11.3 Å². The number of ether oxygens (including phenoxy) is 1. The molecule has 1 aliphatic rings. The van der Waals surface area contributed by atoms with Crippen molar-refractivity contribution in [2.45, 2.75) is 18.8 Å². The molecule has 1 aromatic heterocycles. The van der Waals surface area contributed by atoms with Crippen molar-refractivity contribution in [3.8, 4) is 0 Å². The quantitative estimate of drug-likeness (QED) is 0.525. The van der Waals surface area contributed by atoms with Gasteiger partial charge in [0.25, 0.3) is 0 Å². The second-order valence-corrected chi connectivity index (χ2v) is 9.20. The van der Waals surface area contributed by atoms with Crippen molar-refractivity contribution in [2.24, 2.45) is 4.99 Å². The standard InChI is InChI=1S/C19H26N4O3S2/c1-20-19(21-12-16-6-11-27-14-16)22-13-17-4-2-3-5-18(17)15-28(24,25)23-7-9-26-10-8-23/h2-6,11,14H,7-10,12-13,15H2,1H3,(H2,20,21,22). The third kappa shape index (κ3) is 5.78. The number of morpholine rings is 1. The fourth-order valence-electron chi connectivity index (χ4n) is 2.96. The van der Waals surface area contributed by atoms with Crippen molar-refractivity contribution >= 4 is 27.3 Å². The summed E-state index contributed by atoms with van der Waals surface area (Å²) in [5.74, 6) is 0.670. The maximum absolute atomic E-state index is 12.8. The molecule has 3 rings (SSSR count). The average molecular weight is 423 g/mol. The van der Waals surface area contributed by atoms with Crippen LogP contribution in [0.3, 0.4) is 0 Å². The van der Waals surface area contributed by atoms with Crippen molar-refractivity contribution in [2.75, 3.05) is 33.4 Å². The number of hydrogen-bond acceptors (Lipinski definition) is 5. The van der Waals surface area contributed by atoms with Crippen molar-refractivity contribution < 1.29 is 13.2 Å². The normalized spacial score (nSPS) is 16.1. The SMILES string of the molecule is CN=C(NCc1ccsc1)NCc1ccccc1CS(=O)(=O)N1CCOCC1. The third-order valence-corrected chi connectivity index (χ3v) is 7.09. The Kier molecular flexibility index (Phi) is 7.43. The van der Waals surface area contributed by atoms with Crippen molar-refractivity contribution in [1.82, 2.24) is 14.9 Å². The summed E-state index contributed by atoms with van der Waals surface area (Å²) in [6.07, 6.45) is 0. The number of aliphatic imine (C=N–C) groups is 1. The first-order valence-electron chi connectivity index (χ1n) is 9.16. The van der Waals surface area contributed by atoms with E-state index in [9.17, 15) is 8.42 Å². The van der Waals surface area contributed by atoms with Crippen molar-refractivity contribution in [3.05, 3.63) is 57.8 Å². The molecule has 152 valence electrons. The van der Waals surface area contributed by atoms with Crippen LogP contribution in [-0.4, -0.2) is 52.0 Å². The highest BCUT2D eigenvalue weighted by Gasteiger charge is 2.25. The predicted molar refractivity (Wildman–Crippen MR) is 113 cm³/mol. The maximum Gasteiger partial charge on any atom is 0.218 e. The Morgan fingerprint density at radius 3 is 2.54 bits per heavy atom. The molecule has 2 aromatic rings. The first-order valence-corrected chi connectivity index (χ1v) is 11.7. The van der Waals surface area contributed by atoms with E-state index in [-0.39, 0.29) is 5.75 Å². The Morgan fingerprint density at radius 2 is 1.86 bits per heavy atom. The fraction of sp³-hybridized carbons (Fsp3) is 0.421. The molecule has 0 aliphatic carbocycles. The average Bonchev–Trinajstić information content (AvgIpc) is 3.23. The van der Waals surface area contributed by atoms with Crippen molar-refractivity contribution in [1.29, 1.82) is 0 Å². The number of hydrogen-bond donors (Lipinski definition) is 2. The molecule has 1 saturated heterocycles. The molecule has 0 spiro atoms. The van der Waals surface area contributed by atoms with Gasteiger partial charge in [0.15, 0.2) is 5.96 Å². The van der Waals surface area contributed by atoms with Crippen LogP contribution in [0.4, 0.5) is 0 Å². The number of rotatable bonds is 7. The summed E-state index contributed by atoms with van der Waals surface area (Å²) in [6.45, 7) is 2.93. The van der Waals surface area contributed by atoms with Crippen LogP contribution in [0.2, 0.25) is 0 Å². The van der Waals surface area contributed by atoms with Gasteiger partial charge in [-0.25, -0.2) is 8.42 Å². The van der Waals surface area contributed by atoms with E-state index in [4.69, 9.17) is 4.74 Å². The summed E-state index contributed by atoms with van der Waals surface area (Å²) in [5.41, 5.74) is 2.94. The number of nitrogens with one attached hydrogen (secondary N) is 2. The Labute approximate surface area is 170 Å². The number of thiophene rings is 1. The number of nitrogens with zero attached hydrogens (tertiary/aromatic N) is 2. The highest BCUT2D eigenvalue weighted by atomic mass is 32.2. The van der Waals surface area contributed by atoms with Crippen LogP contribution in [0.25, 0.3) is 0 Å². The van der Waals surface area contributed by atoms with E-state index in [1.807, 2.05) is 29.6 Å². The molecule has 28 heavy (non-hydrogen) atoms. The zero-order chi connectivity index (χ0) is 19.8. The number of sulfonamides is 1. The van der Waals surface area contributed by atoms with E-state index in [1.165, 1.54) is 9.87 Å². The maximum atomic E-state index is 12.8. The number of benzene rings is 1. The molecular weight excluding hydrogens is 396 g/mol. The van der Waals surface area contributed by atoms with Gasteiger partial charge in [-0.1, -0.05) is 24.3 Å². The molecule has 0 amide bonds. The van der Waals surface area contributed by atoms with Gasteiger partial charge in [0.05, 0.1) is 19.0 Å². The Hall–Kier alpha value is -1.94. The van der Waals surface area contributed by atoms with Gasteiger partial charge in [-0.3, -0.25) is 4.99 Å². The molecule has 0 atom stereocenters. The lowest BCUT2D eigenvalue weighted by Gasteiger charge is -2.26. The van der Waals surface area contributed by atoms with Gasteiger partial charge < -0.3 is 15.4 Å². The van der Waals surface area contributed by atoms with E-state index < -0.39 is 10.0 Å². The minimum atomic E-state index is -3.36. The molecule has 0 radical (unpaired) electrons. The second-order valence-electron chi connectivity index (χ2n) is 6.45. The minimum absolute atomic E-state index is 0.00815. The smallest absolute Gasteiger partial charge is 0.218 e. The fourth-order valence-corrected chi connectivity index (χ4v) is 5.19. The van der Waals surface area contributed by atoms with Gasteiger partial charge in [-0.15, -0.1) is 0 Å². The van der Waals surface area contributed by atoms with Crippen molar-refractivity contribution in [3.63, 3.8) is 0 Å². The van der Waals surface area contributed by atoms with Crippen LogP contribution in [0, 0.1) is 0 Å². The molecule has 0 unspecified atom stereocenters. The van der Waals surface area contributed by atoms with E-state index >= 15 is 0 Å². The van der Waals surface area contributed by atoms with Gasteiger partial charge in [0, 0.05) is 33.2 Å². The lowest BCUT2D eigenvalue weighted by Crippen LogP contribution is -2.41. The van der Waals surface area contributed by atoms with E-state index in [0.717, 1.165) is 11.1 Å². The molecule has 1 aliphatic heterocycles. The summed E-state index contributed by atoms with van der Waals surface area (Å²) in [5, 5.41) is 10.7. The minimum Gasteiger partial charge on any atom is -0.379 e. The van der Waals surface area contributed by atoms with Crippen LogP contribution in [0.1, 0.15) is 16.7 Å². The van der Waals surface area contributed by atoms with Gasteiger partial charge in [0.2, 0.25) is 10.0 Å². The van der Waals surface area contributed by atoms with Gasteiger partial charge in [-0.05, 0) is 33.5 Å². The first kappa shape index (κ1) is 20.8. The molecule has 1 fully saturated rings. The Balaban J connectivity index is 1.61. The largest absolute Gasteiger partial charge is 0.379 e. The topological polar surface area (TPSA) is 83.0 Å². The molecule has 2 heterocycles. The number of guanidine groups is 1. The Bertz CT molecular complexity index is 876. The lowest BCUT2D eigenvalue weighted by molar-refractivity contribution is 0.0729. The highest BCUT2D eigenvalue weighted by molar-refractivity contribution is 7.88. The molecule has 1 aromatic carbocycles. The van der Waals surface area contributed by atoms with Crippen LogP contribution < -0.4 is 10.6 Å². The second kappa shape index (κ2) is 10.0. The summed E-state index contributed by atoms with van der Waals surface area (Å²) in [6, 6.07) is 9.68. The highest BCUT2D eigenvalue weighted by Crippen LogP contribution is 2.16. The third-order valence-electron chi connectivity index (χ3n) is 4.53. The first-order chi connectivity index (χ1) is 13.6. The molecule has 7 nitrogen and oxygen atoms in total. The summed E-state index contributed by atoms with van der Waals surface area (Å²) < 4.78 is 32.3. The van der Waals surface area contributed by atoms with E-state index in [1.54, 1.807) is 18.4 Å². The molecule has 9 heteroatoms.